The number of fused-ring (bicyclic) bond motifs is 1. The Balaban J connectivity index is 1.34. The van der Waals surface area contributed by atoms with Gasteiger partial charge in [-0.05, 0) is 54.1 Å². The summed E-state index contributed by atoms with van der Waals surface area (Å²) >= 11 is 0. The van der Waals surface area contributed by atoms with Gasteiger partial charge in [0, 0.05) is 30.7 Å². The van der Waals surface area contributed by atoms with Gasteiger partial charge >= 0.3 is 0 Å². The van der Waals surface area contributed by atoms with Gasteiger partial charge in [0.25, 0.3) is 10.0 Å². The fraction of sp³-hybridized carbons (Fsp3) is 0.154. The smallest absolute Gasteiger partial charge is 0.264 e. The van der Waals surface area contributed by atoms with Crippen LogP contribution in [0.15, 0.2) is 90.3 Å². The Hall–Kier alpha value is -4.38. The third-order valence-electron chi connectivity index (χ3n) is 5.73. The number of benzene rings is 3. The van der Waals surface area contributed by atoms with Gasteiger partial charge in [0.15, 0.2) is 11.5 Å². The molecule has 1 aliphatic rings. The van der Waals surface area contributed by atoms with Crippen molar-refractivity contribution in [2.75, 3.05) is 24.1 Å². The second-order valence-corrected chi connectivity index (χ2v) is 10.1. The average Bonchev–Trinajstić information content (AvgIpc) is 3.46. The number of anilines is 1. The molecule has 2 heterocycles. The molecule has 0 unspecified atom stereocenters. The number of hydrogen-bond donors (Lipinski definition) is 1. The Bertz CT molecular complexity index is 1490. The summed E-state index contributed by atoms with van der Waals surface area (Å²) in [6, 6.07) is 16.7. The predicted octanol–water partition coefficient (Wildman–Crippen LogP) is 3.29. The molecule has 1 amide bonds. The first-order chi connectivity index (χ1) is 17.9. The first kappa shape index (κ1) is 24.3. The first-order valence-electron chi connectivity index (χ1n) is 11.4. The molecule has 0 atom stereocenters. The van der Waals surface area contributed by atoms with Crippen LogP contribution in [0.25, 0.3) is 5.69 Å². The number of aromatic nitrogens is 2. The van der Waals surface area contributed by atoms with Gasteiger partial charge in [-0.1, -0.05) is 12.1 Å². The topological polar surface area (TPSA) is 103 Å². The zero-order valence-corrected chi connectivity index (χ0v) is 20.4. The lowest BCUT2D eigenvalue weighted by Gasteiger charge is -2.25. The molecule has 11 heteroatoms. The van der Waals surface area contributed by atoms with Crippen molar-refractivity contribution in [1.29, 1.82) is 0 Å². The number of ether oxygens (including phenoxy) is 2. The third kappa shape index (κ3) is 5.41. The maximum absolute atomic E-state index is 13.6. The maximum Gasteiger partial charge on any atom is 0.264 e. The minimum atomic E-state index is -4.20. The summed E-state index contributed by atoms with van der Waals surface area (Å²) in [5.41, 5.74) is 1.90. The highest BCUT2D eigenvalue weighted by Gasteiger charge is 2.29. The highest BCUT2D eigenvalue weighted by molar-refractivity contribution is 7.92. The number of sulfonamides is 1. The summed E-state index contributed by atoms with van der Waals surface area (Å²) in [5.74, 6) is -0.307. The van der Waals surface area contributed by atoms with Crippen LogP contribution in [0.3, 0.4) is 0 Å². The number of hydrogen-bond acceptors (Lipinski definition) is 6. The minimum Gasteiger partial charge on any atom is -0.486 e. The highest BCUT2D eigenvalue weighted by Crippen LogP contribution is 2.34. The molecule has 0 spiro atoms. The summed E-state index contributed by atoms with van der Waals surface area (Å²) in [6.07, 6.45) is 5.19. The van der Waals surface area contributed by atoms with Crippen LogP contribution in [0, 0.1) is 5.82 Å². The molecule has 1 aromatic heterocycles. The van der Waals surface area contributed by atoms with Gasteiger partial charge in [0.1, 0.15) is 25.6 Å². The summed E-state index contributed by atoms with van der Waals surface area (Å²) in [6.45, 7) is 0.358. The lowest BCUT2D eigenvalue weighted by molar-refractivity contribution is -0.119. The number of nitrogens with one attached hydrogen (secondary N) is 1. The molecule has 9 nitrogen and oxygen atoms in total. The zero-order chi connectivity index (χ0) is 25.8. The quantitative estimate of drug-likeness (QED) is 0.381. The van der Waals surface area contributed by atoms with E-state index < -0.39 is 28.3 Å². The van der Waals surface area contributed by atoms with Crippen LogP contribution in [0.5, 0.6) is 11.5 Å². The molecule has 4 aromatic rings. The number of amides is 1. The van der Waals surface area contributed by atoms with Crippen LogP contribution >= 0.6 is 0 Å². The van der Waals surface area contributed by atoms with E-state index in [0.717, 1.165) is 27.7 Å². The first-order valence-corrected chi connectivity index (χ1v) is 12.9. The summed E-state index contributed by atoms with van der Waals surface area (Å²) < 4.78 is 54.6. The van der Waals surface area contributed by atoms with Crippen LogP contribution in [0.2, 0.25) is 0 Å². The number of nitrogens with zero attached hydrogens (tertiary/aromatic N) is 3. The van der Waals surface area contributed by atoms with Crippen molar-refractivity contribution in [2.24, 2.45) is 0 Å². The van der Waals surface area contributed by atoms with Crippen LogP contribution in [-0.4, -0.2) is 43.6 Å². The number of rotatable bonds is 8. The Morgan fingerprint density at radius 1 is 1.00 bits per heavy atom. The Kier molecular flexibility index (Phi) is 6.78. The largest absolute Gasteiger partial charge is 0.486 e. The number of imidazole rings is 1. The highest BCUT2D eigenvalue weighted by atomic mass is 32.2. The maximum atomic E-state index is 13.6. The van der Waals surface area contributed by atoms with E-state index in [9.17, 15) is 17.6 Å². The van der Waals surface area contributed by atoms with Crippen LogP contribution in [-0.2, 0) is 21.4 Å². The second-order valence-electron chi connectivity index (χ2n) is 8.21. The van der Waals surface area contributed by atoms with E-state index in [1.807, 2.05) is 35.0 Å². The van der Waals surface area contributed by atoms with Gasteiger partial charge in [-0.25, -0.2) is 17.8 Å². The summed E-state index contributed by atoms with van der Waals surface area (Å²) in [7, 11) is -4.20. The van der Waals surface area contributed by atoms with Gasteiger partial charge in [-0.2, -0.15) is 0 Å². The van der Waals surface area contributed by atoms with E-state index in [1.54, 1.807) is 12.5 Å². The van der Waals surface area contributed by atoms with Gasteiger partial charge in [0.05, 0.1) is 16.9 Å². The monoisotopic (exact) mass is 522 g/mol. The fourth-order valence-corrected chi connectivity index (χ4v) is 5.26. The van der Waals surface area contributed by atoms with Crippen molar-refractivity contribution in [2.45, 2.75) is 11.4 Å². The zero-order valence-electron chi connectivity index (χ0n) is 19.6. The molecular weight excluding hydrogens is 499 g/mol. The summed E-state index contributed by atoms with van der Waals surface area (Å²) in [5, 5.41) is 2.76. The van der Waals surface area contributed by atoms with Gasteiger partial charge in [-0.3, -0.25) is 9.10 Å². The number of halogens is 1. The summed E-state index contributed by atoms with van der Waals surface area (Å²) in [4.78, 5) is 16.8. The molecule has 37 heavy (non-hydrogen) atoms. The van der Waals surface area contributed by atoms with Crippen molar-refractivity contribution in [3.8, 4) is 17.2 Å². The van der Waals surface area contributed by atoms with Crippen LogP contribution < -0.4 is 19.1 Å². The second kappa shape index (κ2) is 10.3. The molecule has 0 saturated carbocycles. The van der Waals surface area contributed by atoms with E-state index in [0.29, 0.717) is 24.7 Å². The van der Waals surface area contributed by atoms with E-state index in [1.165, 1.54) is 30.3 Å². The SMILES string of the molecule is O=C(CN(c1ccc(F)cc1)S(=O)(=O)c1ccc2c(c1)OCCO2)NCc1ccc(-n2ccnc2)cc1. The lowest BCUT2D eigenvalue weighted by atomic mass is 10.2. The molecule has 0 bridgehead atoms. The van der Waals surface area contributed by atoms with Crippen LogP contribution in [0.4, 0.5) is 10.1 Å². The molecule has 0 aliphatic carbocycles. The molecule has 190 valence electrons. The van der Waals surface area contributed by atoms with Crippen molar-refractivity contribution in [3.63, 3.8) is 0 Å². The van der Waals surface area contributed by atoms with Crippen molar-refractivity contribution in [3.05, 3.63) is 96.8 Å². The number of carbonyl (C=O) groups excluding carboxylic acids is 1. The van der Waals surface area contributed by atoms with Gasteiger partial charge in [-0.15, -0.1) is 0 Å². The number of carbonyl (C=O) groups is 1. The van der Waals surface area contributed by atoms with E-state index >= 15 is 0 Å². The lowest BCUT2D eigenvalue weighted by Crippen LogP contribution is -2.40. The van der Waals surface area contributed by atoms with Crippen molar-refractivity contribution in [1.82, 2.24) is 14.9 Å². The third-order valence-corrected chi connectivity index (χ3v) is 7.50. The van der Waals surface area contributed by atoms with Crippen LogP contribution in [0.1, 0.15) is 5.56 Å². The average molecular weight is 523 g/mol. The fourth-order valence-electron chi connectivity index (χ4n) is 3.82. The molecule has 5 rings (SSSR count). The normalized spacial score (nSPS) is 12.7. The van der Waals surface area contributed by atoms with Gasteiger partial charge in [0.2, 0.25) is 5.91 Å². The van der Waals surface area contributed by atoms with Crippen molar-refractivity contribution < 1.29 is 27.1 Å². The molecule has 0 fully saturated rings. The molecule has 1 aliphatic heterocycles. The Morgan fingerprint density at radius 2 is 1.73 bits per heavy atom. The molecule has 3 aromatic carbocycles. The molecule has 0 saturated heterocycles. The van der Waals surface area contributed by atoms with E-state index in [2.05, 4.69) is 10.3 Å². The Morgan fingerprint density at radius 3 is 2.43 bits per heavy atom. The predicted molar refractivity (Wildman–Crippen MR) is 134 cm³/mol. The molecule has 1 N–H and O–H groups in total. The van der Waals surface area contributed by atoms with E-state index in [-0.39, 0.29) is 17.1 Å². The molecular formula is C26H23FN4O5S. The van der Waals surface area contributed by atoms with Crippen molar-refractivity contribution >= 4 is 21.6 Å². The minimum absolute atomic E-state index is 0.0797. The Labute approximate surface area is 213 Å². The standard InChI is InChI=1S/C26H23FN4O5S/c27-20-3-7-22(8-4-20)31(37(33,34)23-9-10-24-25(15-23)36-14-13-35-24)17-26(32)29-16-19-1-5-21(6-2-19)30-12-11-28-18-30/h1-12,15,18H,13-14,16-17H2,(H,29,32). The molecule has 0 radical (unpaired) electrons. The van der Waals surface area contributed by atoms with Gasteiger partial charge < -0.3 is 19.4 Å². The van der Waals surface area contributed by atoms with E-state index in [4.69, 9.17) is 9.47 Å².